The topological polar surface area (TPSA) is 220 Å². The van der Waals surface area contributed by atoms with Gasteiger partial charge in [0.1, 0.15) is 23.5 Å². The number of amides is 1. The third-order valence-corrected chi connectivity index (χ3v) is 6.70. The highest BCUT2D eigenvalue weighted by atomic mass is 35.5. The van der Waals surface area contributed by atoms with Crippen molar-refractivity contribution in [2.75, 3.05) is 21.3 Å². The van der Waals surface area contributed by atoms with E-state index < -0.39 is 136 Å². The normalized spacial score (nSPS) is 13.2. The highest BCUT2D eigenvalue weighted by molar-refractivity contribution is 6.02. The number of halogens is 11. The van der Waals surface area contributed by atoms with Crippen molar-refractivity contribution in [3.8, 4) is 0 Å². The molecule has 0 aromatic heterocycles. The fraction of sp³-hybridized carbons (Fsp3) is 0.265. The summed E-state index contributed by atoms with van der Waals surface area (Å²) in [7, 11) is 3.39. The van der Waals surface area contributed by atoms with Crippen LogP contribution in [0.2, 0.25) is 0 Å². The largest absolute Gasteiger partial charge is 0.469 e. The summed E-state index contributed by atoms with van der Waals surface area (Å²) in [5, 5.41) is 2.16. The molecule has 0 spiro atoms. The Kier molecular flexibility index (Phi) is 24.6. The number of esters is 4. The highest BCUT2D eigenvalue weighted by Gasteiger charge is 2.34. The van der Waals surface area contributed by atoms with Crippen LogP contribution in [0.15, 0.2) is 42.5 Å². The summed E-state index contributed by atoms with van der Waals surface area (Å²) in [5.74, 6) is -15.8. The van der Waals surface area contributed by atoms with Crippen LogP contribution in [0, 0.1) is 52.4 Å². The lowest BCUT2D eigenvalue weighted by atomic mass is 10.0. The predicted molar refractivity (Wildman–Crippen MR) is 186 cm³/mol. The molecule has 1 heterocycles. The molecule has 1 saturated heterocycles. The molecule has 4 rings (SSSR count). The molecule has 3 aromatic rings. The zero-order chi connectivity index (χ0) is 43.7. The zero-order valence-electron chi connectivity index (χ0n) is 30.3. The van der Waals surface area contributed by atoms with Crippen molar-refractivity contribution in [3.05, 3.63) is 106 Å². The molecule has 326 valence electrons. The van der Waals surface area contributed by atoms with E-state index in [-0.39, 0.29) is 43.4 Å². The minimum absolute atomic E-state index is 0. The maximum atomic E-state index is 13.3. The van der Waals surface area contributed by atoms with Crippen LogP contribution in [0.1, 0.15) is 40.0 Å². The number of nitrogens with two attached hydrogens (primary N) is 2. The van der Waals surface area contributed by atoms with Gasteiger partial charge in [-0.2, -0.15) is 0 Å². The Morgan fingerprint density at radius 3 is 1.29 bits per heavy atom. The van der Waals surface area contributed by atoms with Gasteiger partial charge in [0.25, 0.3) is 0 Å². The van der Waals surface area contributed by atoms with E-state index >= 15 is 0 Å². The first-order valence-corrected chi connectivity index (χ1v) is 15.3. The molecule has 1 aliphatic rings. The number of ketones is 2. The fourth-order valence-corrected chi connectivity index (χ4v) is 3.78. The molecule has 5 N–H and O–H groups in total. The second kappa shape index (κ2) is 26.3. The van der Waals surface area contributed by atoms with E-state index in [0.717, 1.165) is 26.4 Å². The van der Waals surface area contributed by atoms with Gasteiger partial charge in [0.15, 0.2) is 46.5 Å². The molecule has 1 aliphatic heterocycles. The standard InChI is InChI=1S/2C11H10F3NO3.C6H3F3.C6H7NO5.2ClH/c2*1-18-10(16)4-9(15)11(17)5-2-7(13)8(14)3-6(5)12;7-4-1-2-5(8)6(9)3-4;1-11-4(8)2-3-5(9)12-6(10)7-3;;/h2*2-3,9H,4,15H2,1H3;1-3H;3H,2H2,1H3,(H,7,10);2*1H/t2*9-;;3-;;/m00.0../s1. The van der Waals surface area contributed by atoms with E-state index in [1.54, 1.807) is 0 Å². The summed E-state index contributed by atoms with van der Waals surface area (Å²) in [4.78, 5) is 76.8. The number of cyclic esters (lactones) is 2. The average Bonchev–Trinajstić information content (AvgIpc) is 3.47. The van der Waals surface area contributed by atoms with Crippen LogP contribution in [0.25, 0.3) is 0 Å². The number of benzene rings is 3. The molecule has 0 bridgehead atoms. The van der Waals surface area contributed by atoms with Crippen molar-refractivity contribution < 1.29 is 92.0 Å². The Hall–Kier alpha value is -5.78. The van der Waals surface area contributed by atoms with Crippen LogP contribution in [0.3, 0.4) is 0 Å². The van der Waals surface area contributed by atoms with Crippen LogP contribution < -0.4 is 16.8 Å². The summed E-state index contributed by atoms with van der Waals surface area (Å²) < 4.78 is 130. The molecule has 25 heteroatoms. The number of nitrogens with one attached hydrogen (secondary N) is 1. The first-order valence-electron chi connectivity index (χ1n) is 15.3. The number of hydrogen-bond donors (Lipinski definition) is 3. The molecule has 1 fully saturated rings. The molecule has 59 heavy (non-hydrogen) atoms. The third-order valence-electron chi connectivity index (χ3n) is 6.70. The molecule has 1 amide bonds. The van der Waals surface area contributed by atoms with Crippen LogP contribution in [0.5, 0.6) is 0 Å². The molecular weight excluding hydrogens is 868 g/mol. The number of Topliss-reactive ketones (excluding diaryl/α,β-unsaturated/α-hetero) is 2. The molecule has 3 atom stereocenters. The SMILES string of the molecule is COC(=O)C[C@@H]1NC(=O)OC1=O.COC(=O)C[C@H](N)C(=O)c1cc(F)c(F)cc1F.COC(=O)C[C@H](N)C(=O)c1cc(F)c(F)cc1F.Cl.Cl.Fc1ccc(F)c(F)c1. The molecule has 3 aromatic carbocycles. The van der Waals surface area contributed by atoms with E-state index in [1.165, 1.54) is 7.11 Å². The lowest BCUT2D eigenvalue weighted by molar-refractivity contribution is -0.145. The number of methoxy groups -OCH3 is 3. The highest BCUT2D eigenvalue weighted by Crippen LogP contribution is 2.17. The molecule has 0 aliphatic carbocycles. The van der Waals surface area contributed by atoms with Gasteiger partial charge < -0.3 is 35.7 Å². The van der Waals surface area contributed by atoms with Crippen molar-refractivity contribution in [2.45, 2.75) is 37.4 Å². The first kappa shape index (κ1) is 55.3. The van der Waals surface area contributed by atoms with Crippen LogP contribution in [0.4, 0.5) is 44.3 Å². The van der Waals surface area contributed by atoms with Crippen molar-refractivity contribution in [1.82, 2.24) is 5.32 Å². The fourth-order valence-electron chi connectivity index (χ4n) is 3.78. The van der Waals surface area contributed by atoms with Crippen molar-refractivity contribution in [1.29, 1.82) is 0 Å². The van der Waals surface area contributed by atoms with Crippen molar-refractivity contribution in [3.63, 3.8) is 0 Å². The van der Waals surface area contributed by atoms with Crippen LogP contribution in [-0.4, -0.2) is 81.0 Å². The second-order valence-electron chi connectivity index (χ2n) is 10.7. The van der Waals surface area contributed by atoms with Crippen LogP contribution >= 0.6 is 24.8 Å². The van der Waals surface area contributed by atoms with Crippen molar-refractivity contribution >= 4 is 66.4 Å². The number of alkyl carbamates (subject to hydrolysis) is 1. The average molecular weight is 901 g/mol. The molecule has 0 radical (unpaired) electrons. The Bertz CT molecular complexity index is 1910. The summed E-state index contributed by atoms with van der Waals surface area (Å²) in [6, 6.07) is -0.258. The second-order valence-corrected chi connectivity index (χ2v) is 10.7. The number of rotatable bonds is 10. The maximum Gasteiger partial charge on any atom is 0.415 e. The Labute approximate surface area is 339 Å². The van der Waals surface area contributed by atoms with Gasteiger partial charge in [-0.05, 0) is 24.3 Å². The van der Waals surface area contributed by atoms with Gasteiger partial charge in [-0.15, -0.1) is 24.8 Å². The van der Waals surface area contributed by atoms with Gasteiger partial charge in [-0.1, -0.05) is 0 Å². The Balaban J connectivity index is 0. The van der Waals surface area contributed by atoms with E-state index in [4.69, 9.17) is 11.5 Å². The lowest BCUT2D eigenvalue weighted by Crippen LogP contribution is -2.34. The number of carbonyl (C=O) groups is 7. The lowest BCUT2D eigenvalue weighted by Gasteiger charge is -2.10. The van der Waals surface area contributed by atoms with Crippen molar-refractivity contribution in [2.24, 2.45) is 11.5 Å². The molecule has 0 unspecified atom stereocenters. The smallest absolute Gasteiger partial charge is 0.415 e. The molecular formula is C34H32Cl2F9N3O11. The maximum absolute atomic E-state index is 13.3. The minimum atomic E-state index is -1.41. The van der Waals surface area contributed by atoms with Crippen LogP contribution in [-0.2, 0) is 38.1 Å². The Morgan fingerprint density at radius 2 is 0.966 bits per heavy atom. The summed E-state index contributed by atoms with van der Waals surface area (Å²) in [6.07, 6.45) is -1.98. The predicted octanol–water partition coefficient (Wildman–Crippen LogP) is 4.49. The van der Waals surface area contributed by atoms with E-state index in [1.807, 2.05) is 0 Å². The number of hydrogen-bond acceptors (Lipinski definition) is 13. The summed E-state index contributed by atoms with van der Waals surface area (Å²) in [6.45, 7) is 0. The van der Waals surface area contributed by atoms with Gasteiger partial charge in [-0.25, -0.2) is 49.1 Å². The summed E-state index contributed by atoms with van der Waals surface area (Å²) in [5.41, 5.74) is 9.29. The van der Waals surface area contributed by atoms with Gasteiger partial charge in [0, 0.05) is 18.2 Å². The minimum Gasteiger partial charge on any atom is -0.469 e. The van der Waals surface area contributed by atoms with Gasteiger partial charge >= 0.3 is 30.0 Å². The van der Waals surface area contributed by atoms with E-state index in [9.17, 15) is 73.1 Å². The number of ether oxygens (including phenoxy) is 4. The third kappa shape index (κ3) is 18.1. The Morgan fingerprint density at radius 1 is 0.593 bits per heavy atom. The number of carbonyl (C=O) groups excluding carboxylic acids is 7. The van der Waals surface area contributed by atoms with E-state index in [2.05, 4.69) is 24.3 Å². The quantitative estimate of drug-likeness (QED) is 0.0639. The van der Waals surface area contributed by atoms with Gasteiger partial charge in [0.05, 0.1) is 63.8 Å². The van der Waals surface area contributed by atoms with E-state index in [0.29, 0.717) is 18.2 Å². The monoisotopic (exact) mass is 899 g/mol. The first-order chi connectivity index (χ1) is 26.6. The van der Waals surface area contributed by atoms with Gasteiger partial charge in [-0.3, -0.25) is 24.0 Å². The van der Waals surface area contributed by atoms with Gasteiger partial charge in [0.2, 0.25) is 0 Å². The summed E-state index contributed by atoms with van der Waals surface area (Å²) >= 11 is 0. The molecule has 14 nitrogen and oxygen atoms in total. The molecule has 0 saturated carbocycles. The zero-order valence-corrected chi connectivity index (χ0v) is 31.9.